The van der Waals surface area contributed by atoms with Crippen LogP contribution in [0.5, 0.6) is 0 Å². The molecule has 0 saturated carbocycles. The Balaban J connectivity index is 2.86. The van der Waals surface area contributed by atoms with Gasteiger partial charge < -0.3 is 4.98 Å². The average Bonchev–Trinajstić information content (AvgIpc) is 2.60. The number of hydrogen-bond acceptors (Lipinski definition) is 4. The largest absolute Gasteiger partial charge is 0.658 e. The highest BCUT2D eigenvalue weighted by molar-refractivity contribution is 5.96. The van der Waals surface area contributed by atoms with Gasteiger partial charge in [0.25, 0.3) is 11.4 Å². The first kappa shape index (κ1) is 9.13. The smallest absolute Gasteiger partial charge is 0.282 e. The van der Waals surface area contributed by atoms with Crippen LogP contribution >= 0.6 is 0 Å². The lowest BCUT2D eigenvalue weighted by Crippen LogP contribution is -1.91. The third-order valence-electron chi connectivity index (χ3n) is 2.00. The SMILES string of the molecule is O=[N+]([O-])c1cccc2[n-]cc([N+](=O)[O-])c12. The Morgan fingerprint density at radius 1 is 1.07 bits per heavy atom. The van der Waals surface area contributed by atoms with Crippen LogP contribution < -0.4 is 4.98 Å². The van der Waals surface area contributed by atoms with Crippen LogP contribution in [0, 0.1) is 20.2 Å². The van der Waals surface area contributed by atoms with Gasteiger partial charge in [-0.15, -0.1) is 5.52 Å². The summed E-state index contributed by atoms with van der Waals surface area (Å²) in [5.74, 6) is 0. The molecule has 0 aliphatic carbocycles. The number of aromatic nitrogens is 1. The molecule has 0 N–H and O–H groups in total. The molecule has 0 aliphatic heterocycles. The van der Waals surface area contributed by atoms with Gasteiger partial charge in [0.05, 0.1) is 9.85 Å². The molecular weight excluding hydrogens is 202 g/mol. The molecule has 1 heterocycles. The van der Waals surface area contributed by atoms with Crippen LogP contribution in [0.25, 0.3) is 10.9 Å². The average molecular weight is 206 g/mol. The van der Waals surface area contributed by atoms with E-state index in [1.165, 1.54) is 18.2 Å². The number of rotatable bonds is 2. The molecule has 15 heavy (non-hydrogen) atoms. The van der Waals surface area contributed by atoms with E-state index in [2.05, 4.69) is 4.98 Å². The van der Waals surface area contributed by atoms with E-state index in [0.29, 0.717) is 0 Å². The van der Waals surface area contributed by atoms with Gasteiger partial charge >= 0.3 is 0 Å². The van der Waals surface area contributed by atoms with Gasteiger partial charge in [-0.3, -0.25) is 20.2 Å². The van der Waals surface area contributed by atoms with E-state index in [9.17, 15) is 20.2 Å². The molecule has 2 rings (SSSR count). The summed E-state index contributed by atoms with van der Waals surface area (Å²) in [5.41, 5.74) is -0.370. The van der Waals surface area contributed by atoms with Gasteiger partial charge in [-0.2, -0.15) is 0 Å². The molecule has 76 valence electrons. The van der Waals surface area contributed by atoms with E-state index in [-0.39, 0.29) is 22.3 Å². The van der Waals surface area contributed by atoms with Crippen molar-refractivity contribution in [1.82, 2.24) is 4.98 Å². The summed E-state index contributed by atoms with van der Waals surface area (Å²) in [6, 6.07) is 4.16. The highest BCUT2D eigenvalue weighted by Gasteiger charge is 2.18. The summed E-state index contributed by atoms with van der Waals surface area (Å²) in [6.07, 6.45) is 1.03. The fourth-order valence-corrected chi connectivity index (χ4v) is 1.38. The zero-order valence-electron chi connectivity index (χ0n) is 7.28. The van der Waals surface area contributed by atoms with Gasteiger partial charge in [0.15, 0.2) is 0 Å². The Bertz CT molecular complexity index is 560. The number of nitro benzene ring substituents is 1. The maximum absolute atomic E-state index is 10.6. The predicted octanol–water partition coefficient (Wildman–Crippen LogP) is 1.61. The number of nitro groups is 2. The monoisotopic (exact) mass is 206 g/mol. The van der Waals surface area contributed by atoms with Crippen molar-refractivity contribution < 1.29 is 9.85 Å². The maximum Gasteiger partial charge on any atom is 0.282 e. The number of fused-ring (bicyclic) bond motifs is 1. The van der Waals surface area contributed by atoms with Crippen LogP contribution in [-0.2, 0) is 0 Å². The number of hydrogen-bond donors (Lipinski definition) is 0. The van der Waals surface area contributed by atoms with E-state index in [1.54, 1.807) is 0 Å². The Hall–Kier alpha value is -2.44. The van der Waals surface area contributed by atoms with Crippen LogP contribution in [0.4, 0.5) is 11.4 Å². The second kappa shape index (κ2) is 3.05. The standard InChI is InChI=1S/C8H4N3O4/c12-10(13)6-3-1-2-5-8(6)7(4-9-5)11(14)15/h1-4H/q-1. The Labute approximate surface area is 82.6 Å². The molecule has 0 atom stereocenters. The van der Waals surface area contributed by atoms with Crippen LogP contribution in [0.3, 0.4) is 0 Å². The number of nitrogens with zero attached hydrogens (tertiary/aromatic N) is 3. The molecule has 0 amide bonds. The van der Waals surface area contributed by atoms with Gasteiger partial charge in [0.1, 0.15) is 5.39 Å². The van der Waals surface area contributed by atoms with Crippen LogP contribution in [-0.4, -0.2) is 9.85 Å². The molecule has 7 nitrogen and oxygen atoms in total. The molecule has 0 saturated heterocycles. The van der Waals surface area contributed by atoms with Gasteiger partial charge in [0, 0.05) is 6.07 Å². The number of benzene rings is 1. The maximum atomic E-state index is 10.6. The number of non-ortho nitro benzene ring substituents is 1. The topological polar surface area (TPSA) is 100 Å². The summed E-state index contributed by atoms with van der Waals surface area (Å²) in [4.78, 5) is 23.6. The first-order chi connectivity index (χ1) is 7.11. The third kappa shape index (κ3) is 1.30. The predicted molar refractivity (Wildman–Crippen MR) is 50.6 cm³/mol. The van der Waals surface area contributed by atoms with E-state index >= 15 is 0 Å². The van der Waals surface area contributed by atoms with Gasteiger partial charge in [0.2, 0.25) is 0 Å². The minimum Gasteiger partial charge on any atom is -0.658 e. The van der Waals surface area contributed by atoms with Crippen molar-refractivity contribution in [3.63, 3.8) is 0 Å². The van der Waals surface area contributed by atoms with Crippen LogP contribution in [0.2, 0.25) is 0 Å². The minimum absolute atomic E-state index is 0.0208. The molecule has 1 aromatic heterocycles. The first-order valence-corrected chi connectivity index (χ1v) is 3.94. The summed E-state index contributed by atoms with van der Waals surface area (Å²) in [6.45, 7) is 0. The lowest BCUT2D eigenvalue weighted by Gasteiger charge is -1.97. The zero-order valence-corrected chi connectivity index (χ0v) is 7.28. The van der Waals surface area contributed by atoms with Gasteiger partial charge in [-0.05, 0) is 0 Å². The fraction of sp³-hybridized carbons (Fsp3) is 0. The minimum atomic E-state index is -0.678. The van der Waals surface area contributed by atoms with Crippen molar-refractivity contribution in [3.05, 3.63) is 44.6 Å². The van der Waals surface area contributed by atoms with E-state index in [4.69, 9.17) is 0 Å². The third-order valence-corrected chi connectivity index (χ3v) is 2.00. The molecule has 7 heteroatoms. The zero-order chi connectivity index (χ0) is 11.0. The van der Waals surface area contributed by atoms with E-state index in [0.717, 1.165) is 6.20 Å². The Morgan fingerprint density at radius 2 is 1.73 bits per heavy atom. The Kier molecular flexibility index (Phi) is 1.86. The van der Waals surface area contributed by atoms with Crippen molar-refractivity contribution in [1.29, 1.82) is 0 Å². The Morgan fingerprint density at radius 3 is 2.33 bits per heavy atom. The van der Waals surface area contributed by atoms with E-state index in [1.807, 2.05) is 0 Å². The second-order valence-corrected chi connectivity index (χ2v) is 2.83. The highest BCUT2D eigenvalue weighted by atomic mass is 16.6. The molecule has 0 fully saturated rings. The van der Waals surface area contributed by atoms with Crippen molar-refractivity contribution >= 4 is 22.3 Å². The molecule has 0 unspecified atom stereocenters. The molecule has 0 bridgehead atoms. The van der Waals surface area contributed by atoms with Crippen molar-refractivity contribution in [2.24, 2.45) is 0 Å². The summed E-state index contributed by atoms with van der Waals surface area (Å²) < 4.78 is 0. The fourth-order valence-electron chi connectivity index (χ4n) is 1.38. The molecule has 0 aliphatic rings. The normalized spacial score (nSPS) is 10.4. The van der Waals surface area contributed by atoms with Crippen molar-refractivity contribution in [2.75, 3.05) is 0 Å². The highest BCUT2D eigenvalue weighted by Crippen LogP contribution is 2.32. The van der Waals surface area contributed by atoms with Crippen molar-refractivity contribution in [2.45, 2.75) is 0 Å². The van der Waals surface area contributed by atoms with Crippen LogP contribution in [0.1, 0.15) is 0 Å². The first-order valence-electron chi connectivity index (χ1n) is 3.94. The van der Waals surface area contributed by atoms with Gasteiger partial charge in [-0.25, -0.2) is 0 Å². The molecule has 1 aromatic carbocycles. The molecule has 0 spiro atoms. The summed E-state index contributed by atoms with van der Waals surface area (Å²) in [5, 5.41) is 21.2. The van der Waals surface area contributed by atoms with Crippen molar-refractivity contribution in [3.8, 4) is 0 Å². The van der Waals surface area contributed by atoms with E-state index < -0.39 is 9.85 Å². The van der Waals surface area contributed by atoms with Crippen LogP contribution in [0.15, 0.2) is 24.4 Å². The lowest BCUT2D eigenvalue weighted by molar-refractivity contribution is -0.390. The quantitative estimate of drug-likeness (QED) is 0.548. The molecular formula is C8H4N3O4-. The van der Waals surface area contributed by atoms with Gasteiger partial charge in [-0.1, -0.05) is 18.3 Å². The molecule has 0 radical (unpaired) electrons. The summed E-state index contributed by atoms with van der Waals surface area (Å²) >= 11 is 0. The summed E-state index contributed by atoms with van der Waals surface area (Å²) in [7, 11) is 0. The second-order valence-electron chi connectivity index (χ2n) is 2.83. The lowest BCUT2D eigenvalue weighted by atomic mass is 10.2. The molecule has 2 aromatic rings.